The summed E-state index contributed by atoms with van der Waals surface area (Å²) in [6.07, 6.45) is 0. The Labute approximate surface area is 275 Å². The van der Waals surface area contributed by atoms with Gasteiger partial charge in [0, 0.05) is 48.4 Å². The summed E-state index contributed by atoms with van der Waals surface area (Å²) in [4.78, 5) is 5.16. The zero-order chi connectivity index (χ0) is 30.4. The standard InChI is InChI=1S/C42H24BN3S/c1-2-12-25(13-3-1)44-31-17-6-4-14-26(31)28-24-30-42-38(40(28)44)27-15-5-7-18-32(27)45(42)34-20-11-21-35-39(34)43(30)29-16-10-23-37-41(29)46(35)33-19-8-9-22-36(33)47-37/h1-24H. The largest absolute Gasteiger partial charge is 0.310 e. The average molecular weight is 614 g/mol. The van der Waals surface area contributed by atoms with Crippen LogP contribution in [0.25, 0.3) is 55.0 Å². The van der Waals surface area contributed by atoms with E-state index < -0.39 is 0 Å². The second kappa shape index (κ2) is 8.58. The Bertz CT molecular complexity index is 2850. The Kier molecular flexibility index (Phi) is 4.48. The van der Waals surface area contributed by atoms with Gasteiger partial charge >= 0.3 is 0 Å². The van der Waals surface area contributed by atoms with Gasteiger partial charge in [-0.15, -0.1) is 0 Å². The second-order valence-corrected chi connectivity index (χ2v) is 14.0. The lowest BCUT2D eigenvalue weighted by Crippen LogP contribution is -2.60. The number of benzene rings is 7. The van der Waals surface area contributed by atoms with Crippen molar-refractivity contribution in [3.63, 3.8) is 0 Å². The van der Waals surface area contributed by atoms with Crippen molar-refractivity contribution in [3.8, 4) is 11.4 Å². The number of fused-ring (bicyclic) bond motifs is 13. The monoisotopic (exact) mass is 613 g/mol. The zero-order valence-corrected chi connectivity index (χ0v) is 26.0. The molecule has 9 aromatic rings. The van der Waals surface area contributed by atoms with Crippen LogP contribution in [0.1, 0.15) is 0 Å². The number of nitrogens with zero attached hydrogens (tertiary/aromatic N) is 3. The van der Waals surface area contributed by atoms with E-state index in [2.05, 4.69) is 160 Å². The molecule has 0 saturated heterocycles. The minimum absolute atomic E-state index is 0.112. The first-order valence-corrected chi connectivity index (χ1v) is 17.1. The molecule has 0 spiro atoms. The predicted molar refractivity (Wildman–Crippen MR) is 199 cm³/mol. The fourth-order valence-corrected chi connectivity index (χ4v) is 10.1. The van der Waals surface area contributed by atoms with Crippen molar-refractivity contribution >= 4 is 95.5 Å². The molecular weight excluding hydrogens is 589 g/mol. The first kappa shape index (κ1) is 24.6. The molecule has 0 radical (unpaired) electrons. The van der Waals surface area contributed by atoms with E-state index in [1.54, 1.807) is 0 Å². The zero-order valence-electron chi connectivity index (χ0n) is 25.2. The Morgan fingerprint density at radius 2 is 1.15 bits per heavy atom. The van der Waals surface area contributed by atoms with Gasteiger partial charge in [0.2, 0.25) is 0 Å². The highest BCUT2D eigenvalue weighted by Crippen LogP contribution is 2.53. The summed E-state index contributed by atoms with van der Waals surface area (Å²) in [5.41, 5.74) is 15.6. The van der Waals surface area contributed by atoms with Crippen molar-refractivity contribution in [2.24, 2.45) is 0 Å². The van der Waals surface area contributed by atoms with Gasteiger partial charge in [0.1, 0.15) is 0 Å². The molecule has 5 heterocycles. The predicted octanol–water partition coefficient (Wildman–Crippen LogP) is 8.96. The van der Waals surface area contributed by atoms with Crippen LogP contribution in [0.15, 0.2) is 155 Å². The van der Waals surface area contributed by atoms with Gasteiger partial charge in [0.25, 0.3) is 6.71 Å². The van der Waals surface area contributed by atoms with Crippen LogP contribution in [-0.2, 0) is 0 Å². The van der Waals surface area contributed by atoms with Gasteiger partial charge in [-0.1, -0.05) is 103 Å². The third kappa shape index (κ3) is 2.89. The Balaban J connectivity index is 1.32. The summed E-state index contributed by atoms with van der Waals surface area (Å²) in [5.74, 6) is 0. The smallest absolute Gasteiger partial charge is 0.252 e. The SMILES string of the molecule is c1ccc(-n2c3ccccc3c3cc4c5c(c6ccccc6n5-c5cccc6c5B4c4cccc5c4N6c4ccccc4S5)c32)cc1. The van der Waals surface area contributed by atoms with Crippen LogP contribution in [0, 0.1) is 0 Å². The van der Waals surface area contributed by atoms with Gasteiger partial charge < -0.3 is 14.0 Å². The molecule has 3 aliphatic rings. The summed E-state index contributed by atoms with van der Waals surface area (Å²) in [7, 11) is 0. The van der Waals surface area contributed by atoms with Crippen molar-refractivity contribution < 1.29 is 0 Å². The number of aromatic nitrogens is 2. The average Bonchev–Trinajstić information content (AvgIpc) is 3.65. The maximum Gasteiger partial charge on any atom is 0.252 e. The molecule has 0 fully saturated rings. The number of hydrogen-bond donors (Lipinski definition) is 0. The van der Waals surface area contributed by atoms with Crippen LogP contribution in [0.2, 0.25) is 0 Å². The molecule has 12 rings (SSSR count). The van der Waals surface area contributed by atoms with Gasteiger partial charge in [-0.25, -0.2) is 0 Å². The van der Waals surface area contributed by atoms with Crippen LogP contribution >= 0.6 is 11.8 Å². The van der Waals surface area contributed by atoms with Gasteiger partial charge in [-0.3, -0.25) is 0 Å². The normalized spacial score (nSPS) is 13.8. The molecule has 5 heteroatoms. The molecule has 0 atom stereocenters. The Hall–Kier alpha value is -5.65. The van der Waals surface area contributed by atoms with Crippen LogP contribution in [0.5, 0.6) is 0 Å². The first-order valence-electron chi connectivity index (χ1n) is 16.2. The van der Waals surface area contributed by atoms with E-state index in [1.807, 2.05) is 11.8 Å². The molecule has 0 aliphatic carbocycles. The van der Waals surface area contributed by atoms with Gasteiger partial charge in [-0.05, 0) is 71.0 Å². The van der Waals surface area contributed by atoms with E-state index in [1.165, 1.54) is 98.2 Å². The summed E-state index contributed by atoms with van der Waals surface area (Å²) >= 11 is 1.90. The van der Waals surface area contributed by atoms with Crippen molar-refractivity contribution in [2.45, 2.75) is 9.79 Å². The molecule has 2 aromatic heterocycles. The van der Waals surface area contributed by atoms with Crippen LogP contribution in [0.4, 0.5) is 17.1 Å². The maximum absolute atomic E-state index is 2.57. The number of rotatable bonds is 1. The third-order valence-electron chi connectivity index (χ3n) is 10.6. The minimum atomic E-state index is 0.112. The van der Waals surface area contributed by atoms with Gasteiger partial charge in [-0.2, -0.15) is 0 Å². The minimum Gasteiger partial charge on any atom is -0.310 e. The van der Waals surface area contributed by atoms with E-state index >= 15 is 0 Å². The number of anilines is 3. The van der Waals surface area contributed by atoms with Crippen LogP contribution in [0.3, 0.4) is 0 Å². The highest BCUT2D eigenvalue weighted by molar-refractivity contribution is 7.99. The molecule has 216 valence electrons. The second-order valence-electron chi connectivity index (χ2n) is 12.9. The topological polar surface area (TPSA) is 13.1 Å². The fourth-order valence-electron chi connectivity index (χ4n) is 8.97. The molecule has 3 nitrogen and oxygen atoms in total. The van der Waals surface area contributed by atoms with Crippen molar-refractivity contribution in [3.05, 3.63) is 146 Å². The lowest BCUT2D eigenvalue weighted by molar-refractivity contribution is 1.15. The van der Waals surface area contributed by atoms with Crippen LogP contribution in [-0.4, -0.2) is 15.8 Å². The highest BCUT2D eigenvalue weighted by atomic mass is 32.2. The molecule has 47 heavy (non-hydrogen) atoms. The number of hydrogen-bond acceptors (Lipinski definition) is 2. The summed E-state index contributed by atoms with van der Waals surface area (Å²) in [5, 5.41) is 5.22. The molecule has 0 unspecified atom stereocenters. The third-order valence-corrected chi connectivity index (χ3v) is 11.8. The van der Waals surface area contributed by atoms with Crippen LogP contribution < -0.4 is 21.3 Å². The molecular formula is C42H24BN3S. The summed E-state index contributed by atoms with van der Waals surface area (Å²) < 4.78 is 5.06. The van der Waals surface area contributed by atoms with Crippen molar-refractivity contribution in [2.75, 3.05) is 4.90 Å². The molecule has 0 saturated carbocycles. The maximum atomic E-state index is 2.57. The van der Waals surface area contributed by atoms with E-state index in [9.17, 15) is 0 Å². The first-order chi connectivity index (χ1) is 23.4. The van der Waals surface area contributed by atoms with Crippen molar-refractivity contribution in [1.82, 2.24) is 9.13 Å². The molecule has 0 N–H and O–H groups in total. The fraction of sp³-hybridized carbons (Fsp3) is 0. The van der Waals surface area contributed by atoms with Gasteiger partial charge in [0.15, 0.2) is 0 Å². The van der Waals surface area contributed by atoms with E-state index in [4.69, 9.17) is 0 Å². The van der Waals surface area contributed by atoms with E-state index in [0.717, 1.165) is 0 Å². The molecule has 7 aromatic carbocycles. The van der Waals surface area contributed by atoms with Gasteiger partial charge in [0.05, 0.1) is 33.4 Å². The summed E-state index contributed by atoms with van der Waals surface area (Å²) in [6.45, 7) is 0.112. The molecule has 0 amide bonds. The lowest BCUT2D eigenvalue weighted by Gasteiger charge is -2.43. The highest BCUT2D eigenvalue weighted by Gasteiger charge is 2.44. The molecule has 0 bridgehead atoms. The lowest BCUT2D eigenvalue weighted by atomic mass is 9.33. The Morgan fingerprint density at radius 1 is 0.468 bits per heavy atom. The Morgan fingerprint density at radius 3 is 2.04 bits per heavy atom. The van der Waals surface area contributed by atoms with Crippen molar-refractivity contribution in [1.29, 1.82) is 0 Å². The van der Waals surface area contributed by atoms with E-state index in [0.29, 0.717) is 0 Å². The molecule has 3 aliphatic heterocycles. The van der Waals surface area contributed by atoms with E-state index in [-0.39, 0.29) is 6.71 Å². The summed E-state index contributed by atoms with van der Waals surface area (Å²) in [6, 6.07) is 54.1. The quantitative estimate of drug-likeness (QED) is 0.172. The number of para-hydroxylation sites is 5.